The zero-order valence-electron chi connectivity index (χ0n) is 16.7. The van der Waals surface area contributed by atoms with Gasteiger partial charge in [-0.1, -0.05) is 12.1 Å². The molecule has 0 saturated heterocycles. The van der Waals surface area contributed by atoms with E-state index in [1.807, 2.05) is 24.5 Å². The molecule has 0 aliphatic carbocycles. The molecule has 5 heteroatoms. The van der Waals surface area contributed by atoms with E-state index >= 15 is 0 Å². The van der Waals surface area contributed by atoms with Crippen LogP contribution in [0, 0.1) is 0 Å². The summed E-state index contributed by atoms with van der Waals surface area (Å²) in [4.78, 5) is 4.43. The van der Waals surface area contributed by atoms with Crippen molar-refractivity contribution in [3.8, 4) is 17.2 Å². The number of methoxy groups -OCH3 is 2. The maximum atomic E-state index is 6.11. The van der Waals surface area contributed by atoms with Crippen molar-refractivity contribution in [1.82, 2.24) is 4.98 Å². The lowest BCUT2D eigenvalue weighted by Crippen LogP contribution is -2.32. The molecule has 0 atom stereocenters. The van der Waals surface area contributed by atoms with Crippen molar-refractivity contribution in [3.63, 3.8) is 0 Å². The third-order valence-corrected chi connectivity index (χ3v) is 5.25. The number of aromatic nitrogens is 1. The molecule has 0 amide bonds. The molecule has 28 heavy (non-hydrogen) atoms. The van der Waals surface area contributed by atoms with Gasteiger partial charge in [-0.3, -0.25) is 4.98 Å². The summed E-state index contributed by atoms with van der Waals surface area (Å²) < 4.78 is 17.0. The summed E-state index contributed by atoms with van der Waals surface area (Å²) in [5.74, 6) is 2.47. The fourth-order valence-electron chi connectivity index (χ4n) is 3.74. The number of pyridine rings is 1. The van der Waals surface area contributed by atoms with Crippen molar-refractivity contribution in [2.75, 3.05) is 14.2 Å². The van der Waals surface area contributed by atoms with Gasteiger partial charge in [0.25, 0.3) is 0 Å². The number of hydrogen-bond donors (Lipinski definition) is 0. The minimum atomic E-state index is -0.0797. The van der Waals surface area contributed by atoms with Crippen LogP contribution in [0.2, 0.25) is 0 Å². The summed E-state index contributed by atoms with van der Waals surface area (Å²) in [5.41, 5.74) is 3.65. The van der Waals surface area contributed by atoms with E-state index in [1.165, 1.54) is 16.7 Å². The first-order valence-corrected chi connectivity index (χ1v) is 9.28. The molecule has 0 fully saturated rings. The van der Waals surface area contributed by atoms with Gasteiger partial charge >= 0.3 is 0 Å². The summed E-state index contributed by atoms with van der Waals surface area (Å²) in [5, 5.41) is 2.19. The van der Waals surface area contributed by atoms with Crippen LogP contribution in [0.25, 0.3) is 10.8 Å². The second-order valence-electron chi connectivity index (χ2n) is 7.71. The molecule has 0 saturated carbocycles. The van der Waals surface area contributed by atoms with Crippen molar-refractivity contribution < 1.29 is 14.2 Å². The minimum Gasteiger partial charge on any atom is -0.493 e. The summed E-state index contributed by atoms with van der Waals surface area (Å²) in [6.45, 7) is 4.29. The quantitative estimate of drug-likeness (QED) is 0.591. The standard InChI is InChI=1S/C23H25NO3.ClH/c1-23(2)8-7-16-9-15(5-6-20(16)27-23)10-17-13-24-14-18-11-21(25-3)22(26-4)12-19(17)18;/h5-6,9,11-14H,7-8,10H2,1-4H3;1H. The van der Waals surface area contributed by atoms with Gasteiger partial charge in [-0.15, -0.1) is 12.4 Å². The molecule has 148 valence electrons. The summed E-state index contributed by atoms with van der Waals surface area (Å²) >= 11 is 0. The Morgan fingerprint density at radius 2 is 1.79 bits per heavy atom. The molecular formula is C23H26ClNO3. The van der Waals surface area contributed by atoms with E-state index in [9.17, 15) is 0 Å². The number of halogens is 1. The van der Waals surface area contributed by atoms with Crippen molar-refractivity contribution in [2.45, 2.75) is 38.7 Å². The van der Waals surface area contributed by atoms with Gasteiger partial charge in [0, 0.05) is 17.8 Å². The fraction of sp³-hybridized carbons (Fsp3) is 0.348. The molecule has 4 rings (SSSR count). The Labute approximate surface area is 172 Å². The van der Waals surface area contributed by atoms with Crippen LogP contribution in [0.3, 0.4) is 0 Å². The number of hydrogen-bond acceptors (Lipinski definition) is 4. The first-order valence-electron chi connectivity index (χ1n) is 9.28. The SMILES string of the molecule is COc1cc2cncc(Cc3ccc4c(c3)CCC(C)(C)O4)c2cc1OC.Cl. The Morgan fingerprint density at radius 1 is 1.04 bits per heavy atom. The Morgan fingerprint density at radius 3 is 2.54 bits per heavy atom. The number of benzene rings is 2. The molecule has 0 radical (unpaired) electrons. The monoisotopic (exact) mass is 399 g/mol. The van der Waals surface area contributed by atoms with Crippen molar-refractivity contribution >= 4 is 23.2 Å². The van der Waals surface area contributed by atoms with Crippen LogP contribution in [0.15, 0.2) is 42.7 Å². The van der Waals surface area contributed by atoms with Crippen LogP contribution >= 0.6 is 12.4 Å². The zero-order chi connectivity index (χ0) is 19.0. The Kier molecular flexibility index (Phi) is 5.71. The van der Waals surface area contributed by atoms with E-state index in [2.05, 4.69) is 37.0 Å². The van der Waals surface area contributed by atoms with Crippen molar-refractivity contribution in [3.05, 3.63) is 59.4 Å². The van der Waals surface area contributed by atoms with E-state index in [4.69, 9.17) is 14.2 Å². The first-order chi connectivity index (χ1) is 13.0. The predicted molar refractivity (Wildman–Crippen MR) is 114 cm³/mol. The molecule has 0 N–H and O–H groups in total. The number of fused-ring (bicyclic) bond motifs is 2. The zero-order valence-corrected chi connectivity index (χ0v) is 17.6. The third kappa shape index (κ3) is 3.88. The molecular weight excluding hydrogens is 374 g/mol. The highest BCUT2D eigenvalue weighted by atomic mass is 35.5. The predicted octanol–water partition coefficient (Wildman–Crippen LogP) is 5.37. The second kappa shape index (κ2) is 7.88. The van der Waals surface area contributed by atoms with Crippen LogP contribution in [0.1, 0.15) is 37.0 Å². The Hall–Kier alpha value is -2.46. The van der Waals surface area contributed by atoms with Gasteiger partial charge in [0.05, 0.1) is 14.2 Å². The average Bonchev–Trinajstić information content (AvgIpc) is 2.66. The lowest BCUT2D eigenvalue weighted by Gasteiger charge is -2.32. The third-order valence-electron chi connectivity index (χ3n) is 5.25. The van der Waals surface area contributed by atoms with E-state index in [0.717, 1.165) is 47.3 Å². The van der Waals surface area contributed by atoms with Crippen LogP contribution in [0.5, 0.6) is 17.2 Å². The van der Waals surface area contributed by atoms with Gasteiger partial charge in [0.1, 0.15) is 11.4 Å². The number of aryl methyl sites for hydroxylation is 1. The fourth-order valence-corrected chi connectivity index (χ4v) is 3.74. The summed E-state index contributed by atoms with van der Waals surface area (Å²) in [7, 11) is 3.31. The minimum absolute atomic E-state index is 0. The van der Waals surface area contributed by atoms with Gasteiger partial charge in [-0.2, -0.15) is 0 Å². The molecule has 1 aliphatic heterocycles. The van der Waals surface area contributed by atoms with Crippen LogP contribution in [-0.2, 0) is 12.8 Å². The molecule has 1 aromatic heterocycles. The van der Waals surface area contributed by atoms with Gasteiger partial charge < -0.3 is 14.2 Å². The average molecular weight is 400 g/mol. The van der Waals surface area contributed by atoms with Gasteiger partial charge in [0.15, 0.2) is 11.5 Å². The van der Waals surface area contributed by atoms with Crippen LogP contribution < -0.4 is 14.2 Å². The van der Waals surface area contributed by atoms with Gasteiger partial charge in [-0.25, -0.2) is 0 Å². The molecule has 2 aromatic carbocycles. The van der Waals surface area contributed by atoms with Crippen LogP contribution in [0.4, 0.5) is 0 Å². The number of nitrogens with zero attached hydrogens (tertiary/aromatic N) is 1. The molecule has 0 unspecified atom stereocenters. The van der Waals surface area contributed by atoms with Crippen molar-refractivity contribution in [1.29, 1.82) is 0 Å². The maximum absolute atomic E-state index is 6.11. The van der Waals surface area contributed by atoms with Gasteiger partial charge in [-0.05, 0) is 73.4 Å². The largest absolute Gasteiger partial charge is 0.493 e. The van der Waals surface area contributed by atoms with Crippen molar-refractivity contribution in [2.24, 2.45) is 0 Å². The highest BCUT2D eigenvalue weighted by Gasteiger charge is 2.26. The van der Waals surface area contributed by atoms with E-state index in [-0.39, 0.29) is 18.0 Å². The molecule has 3 aromatic rings. The highest BCUT2D eigenvalue weighted by Crippen LogP contribution is 2.36. The molecule has 0 spiro atoms. The van der Waals surface area contributed by atoms with Gasteiger partial charge in [0.2, 0.25) is 0 Å². The molecule has 0 bridgehead atoms. The maximum Gasteiger partial charge on any atom is 0.161 e. The lowest BCUT2D eigenvalue weighted by atomic mass is 9.92. The Balaban J connectivity index is 0.00000225. The number of rotatable bonds is 4. The smallest absolute Gasteiger partial charge is 0.161 e. The van der Waals surface area contributed by atoms with E-state index < -0.39 is 0 Å². The number of ether oxygens (including phenoxy) is 3. The Bertz CT molecular complexity index is 1000. The normalized spacial score (nSPS) is 14.6. The first kappa shape index (κ1) is 20.3. The topological polar surface area (TPSA) is 40.6 Å². The summed E-state index contributed by atoms with van der Waals surface area (Å²) in [6, 6.07) is 10.5. The van der Waals surface area contributed by atoms with Crippen LogP contribution in [-0.4, -0.2) is 24.8 Å². The molecule has 1 aliphatic rings. The molecule has 4 nitrogen and oxygen atoms in total. The lowest BCUT2D eigenvalue weighted by molar-refractivity contribution is 0.0846. The molecule has 2 heterocycles. The van der Waals surface area contributed by atoms with E-state index in [0.29, 0.717) is 0 Å². The second-order valence-corrected chi connectivity index (χ2v) is 7.71. The summed E-state index contributed by atoms with van der Waals surface area (Å²) in [6.07, 6.45) is 6.71. The highest BCUT2D eigenvalue weighted by molar-refractivity contribution is 5.88. The van der Waals surface area contributed by atoms with E-state index in [1.54, 1.807) is 14.2 Å².